The quantitative estimate of drug-likeness (QED) is 0.237. The van der Waals surface area contributed by atoms with Crippen molar-refractivity contribution < 1.29 is 33.4 Å². The first kappa shape index (κ1) is 24.2. The summed E-state index contributed by atoms with van der Waals surface area (Å²) >= 11 is 2.06. The predicted molar refractivity (Wildman–Crippen MR) is 128 cm³/mol. The summed E-state index contributed by atoms with van der Waals surface area (Å²) in [4.78, 5) is 50.7. The van der Waals surface area contributed by atoms with E-state index in [-0.39, 0.29) is 23.4 Å². The fourth-order valence-electron chi connectivity index (χ4n) is 3.15. The van der Waals surface area contributed by atoms with Gasteiger partial charge in [0.1, 0.15) is 5.57 Å². The molecule has 0 saturated carbocycles. The van der Waals surface area contributed by atoms with Crippen LogP contribution in [0.25, 0.3) is 6.08 Å². The number of carbonyl (C=O) groups excluding carboxylic acids is 4. The minimum absolute atomic E-state index is 0.197. The van der Waals surface area contributed by atoms with Crippen molar-refractivity contribution in [1.29, 1.82) is 0 Å². The van der Waals surface area contributed by atoms with Gasteiger partial charge < -0.3 is 14.2 Å². The first-order valence-electron chi connectivity index (χ1n) is 9.99. The van der Waals surface area contributed by atoms with Crippen molar-refractivity contribution in [3.8, 4) is 11.5 Å². The highest BCUT2D eigenvalue weighted by molar-refractivity contribution is 14.1. The smallest absolute Gasteiger partial charge is 0.338 e. The van der Waals surface area contributed by atoms with E-state index < -0.39 is 23.8 Å². The lowest BCUT2D eigenvalue weighted by Gasteiger charge is -2.26. The molecule has 0 radical (unpaired) electrons. The molecule has 0 aromatic heterocycles. The average molecular weight is 564 g/mol. The van der Waals surface area contributed by atoms with Gasteiger partial charge in [-0.3, -0.25) is 14.9 Å². The Morgan fingerprint density at radius 3 is 2.39 bits per heavy atom. The maximum atomic E-state index is 13.1. The van der Waals surface area contributed by atoms with Crippen molar-refractivity contribution in [2.45, 2.75) is 13.8 Å². The third-order valence-electron chi connectivity index (χ3n) is 4.59. The van der Waals surface area contributed by atoms with E-state index in [2.05, 4.69) is 27.9 Å². The van der Waals surface area contributed by atoms with Crippen LogP contribution in [0.15, 0.2) is 42.0 Å². The average Bonchev–Trinajstić information content (AvgIpc) is 2.77. The van der Waals surface area contributed by atoms with Gasteiger partial charge in [0.15, 0.2) is 11.5 Å². The molecule has 1 N–H and O–H groups in total. The Morgan fingerprint density at radius 2 is 1.79 bits per heavy atom. The number of benzene rings is 2. The van der Waals surface area contributed by atoms with E-state index >= 15 is 0 Å². The van der Waals surface area contributed by atoms with Gasteiger partial charge in [0.05, 0.1) is 35.1 Å². The van der Waals surface area contributed by atoms with Crippen LogP contribution >= 0.6 is 22.6 Å². The highest BCUT2D eigenvalue weighted by Crippen LogP contribution is 2.35. The summed E-state index contributed by atoms with van der Waals surface area (Å²) in [5, 5.41) is 2.17. The standard InChI is InChI=1S/C23H21IN2O7/c1-4-32-18-12-13(11-17(24)19(18)31-3)10-16-20(27)25-23(30)26(21(16)28)15-8-6-14(7-9-15)22(29)33-5-2/h6-12H,4-5H2,1-3H3,(H,25,27,30)/b16-10+. The molecule has 0 atom stereocenters. The van der Waals surface area contributed by atoms with Gasteiger partial charge >= 0.3 is 12.0 Å². The number of hydrogen-bond donors (Lipinski definition) is 1. The second-order valence-electron chi connectivity index (χ2n) is 6.69. The number of esters is 1. The summed E-state index contributed by atoms with van der Waals surface area (Å²) in [5.74, 6) is -1.12. The molecule has 10 heteroatoms. The fraction of sp³-hybridized carbons (Fsp3) is 0.217. The number of ether oxygens (including phenoxy) is 3. The molecule has 9 nitrogen and oxygen atoms in total. The molecule has 1 saturated heterocycles. The summed E-state index contributed by atoms with van der Waals surface area (Å²) in [6.45, 7) is 4.14. The number of urea groups is 1. The van der Waals surface area contributed by atoms with Crippen LogP contribution in [0, 0.1) is 3.57 Å². The fourth-order valence-corrected chi connectivity index (χ4v) is 4.00. The normalized spacial score (nSPS) is 14.8. The topological polar surface area (TPSA) is 111 Å². The molecule has 172 valence electrons. The first-order valence-corrected chi connectivity index (χ1v) is 11.1. The number of nitrogens with one attached hydrogen (secondary N) is 1. The number of methoxy groups -OCH3 is 1. The van der Waals surface area contributed by atoms with Crippen LogP contribution in [0.1, 0.15) is 29.8 Å². The lowest BCUT2D eigenvalue weighted by atomic mass is 10.1. The second kappa shape index (κ2) is 10.5. The van der Waals surface area contributed by atoms with Gasteiger partial charge in [-0.05, 0) is 84.5 Å². The molecule has 1 heterocycles. The number of barbiturate groups is 1. The number of halogens is 1. The van der Waals surface area contributed by atoms with Crippen molar-refractivity contribution in [2.75, 3.05) is 25.2 Å². The van der Waals surface area contributed by atoms with Crippen molar-refractivity contribution in [3.05, 3.63) is 56.7 Å². The van der Waals surface area contributed by atoms with Crippen LogP contribution in [0.5, 0.6) is 11.5 Å². The summed E-state index contributed by atoms with van der Waals surface area (Å²) in [7, 11) is 1.52. The zero-order valence-corrected chi connectivity index (χ0v) is 20.3. The lowest BCUT2D eigenvalue weighted by molar-refractivity contribution is -0.122. The predicted octanol–water partition coefficient (Wildman–Crippen LogP) is 3.54. The minimum atomic E-state index is -0.884. The molecular formula is C23H21IN2O7. The molecule has 3 rings (SSSR count). The molecule has 1 fully saturated rings. The molecule has 1 aliphatic rings. The Morgan fingerprint density at radius 1 is 1.09 bits per heavy atom. The largest absolute Gasteiger partial charge is 0.492 e. The molecule has 0 aliphatic carbocycles. The van der Waals surface area contributed by atoms with Crippen LogP contribution in [-0.4, -0.2) is 44.1 Å². The molecule has 33 heavy (non-hydrogen) atoms. The van der Waals surface area contributed by atoms with Crippen LogP contribution in [-0.2, 0) is 14.3 Å². The van der Waals surface area contributed by atoms with E-state index in [9.17, 15) is 19.2 Å². The molecule has 0 unspecified atom stereocenters. The molecule has 1 aliphatic heterocycles. The van der Waals surface area contributed by atoms with Crippen LogP contribution in [0.4, 0.5) is 10.5 Å². The number of nitrogens with zero attached hydrogens (tertiary/aromatic N) is 1. The Labute approximate surface area is 203 Å². The zero-order valence-electron chi connectivity index (χ0n) is 18.1. The summed E-state index contributed by atoms with van der Waals surface area (Å²) in [6.07, 6.45) is 1.38. The van der Waals surface area contributed by atoms with Gasteiger partial charge in [0.2, 0.25) is 0 Å². The Balaban J connectivity index is 1.97. The number of carbonyl (C=O) groups is 4. The van der Waals surface area contributed by atoms with E-state index in [0.29, 0.717) is 23.7 Å². The monoisotopic (exact) mass is 564 g/mol. The van der Waals surface area contributed by atoms with Gasteiger partial charge in [0, 0.05) is 0 Å². The first-order chi connectivity index (χ1) is 15.8. The van der Waals surface area contributed by atoms with Gasteiger partial charge in [-0.1, -0.05) is 0 Å². The lowest BCUT2D eigenvalue weighted by Crippen LogP contribution is -2.54. The van der Waals surface area contributed by atoms with E-state index in [0.717, 1.165) is 8.47 Å². The van der Waals surface area contributed by atoms with Crippen LogP contribution < -0.4 is 19.7 Å². The van der Waals surface area contributed by atoms with Crippen molar-refractivity contribution in [1.82, 2.24) is 5.32 Å². The molecule has 4 amide bonds. The van der Waals surface area contributed by atoms with Gasteiger partial charge in [-0.2, -0.15) is 0 Å². The van der Waals surface area contributed by atoms with Crippen molar-refractivity contribution in [3.63, 3.8) is 0 Å². The summed E-state index contributed by atoms with van der Waals surface area (Å²) in [6, 6.07) is 8.23. The third-order valence-corrected chi connectivity index (χ3v) is 5.39. The molecule has 2 aromatic rings. The highest BCUT2D eigenvalue weighted by Gasteiger charge is 2.37. The van der Waals surface area contributed by atoms with E-state index in [4.69, 9.17) is 14.2 Å². The van der Waals surface area contributed by atoms with Gasteiger partial charge in [-0.15, -0.1) is 0 Å². The van der Waals surface area contributed by atoms with E-state index in [1.165, 1.54) is 37.5 Å². The summed E-state index contributed by atoms with van der Waals surface area (Å²) in [5.41, 5.74) is 0.762. The zero-order chi connectivity index (χ0) is 24.1. The Hall–Kier alpha value is -3.41. The molecule has 0 bridgehead atoms. The number of imide groups is 2. The Bertz CT molecular complexity index is 1140. The third kappa shape index (κ3) is 5.16. The number of amides is 4. The second-order valence-corrected chi connectivity index (χ2v) is 7.85. The maximum absolute atomic E-state index is 13.1. The van der Waals surface area contributed by atoms with Crippen LogP contribution in [0.3, 0.4) is 0 Å². The van der Waals surface area contributed by atoms with Crippen LogP contribution in [0.2, 0.25) is 0 Å². The van der Waals surface area contributed by atoms with Crippen molar-refractivity contribution in [2.24, 2.45) is 0 Å². The highest BCUT2D eigenvalue weighted by atomic mass is 127. The van der Waals surface area contributed by atoms with Gasteiger partial charge in [-0.25, -0.2) is 14.5 Å². The molecule has 0 spiro atoms. The summed E-state index contributed by atoms with van der Waals surface area (Å²) < 4.78 is 16.6. The maximum Gasteiger partial charge on any atom is 0.338 e. The number of rotatable bonds is 7. The van der Waals surface area contributed by atoms with E-state index in [1.54, 1.807) is 19.1 Å². The Kier molecular flexibility index (Phi) is 7.69. The SMILES string of the molecule is CCOC(=O)c1ccc(N2C(=O)NC(=O)/C(=C\c3cc(I)c(OC)c(OCC)c3)C2=O)cc1. The number of hydrogen-bond acceptors (Lipinski definition) is 7. The minimum Gasteiger partial charge on any atom is -0.492 e. The van der Waals surface area contributed by atoms with E-state index in [1.807, 2.05) is 6.92 Å². The number of anilines is 1. The molecular weight excluding hydrogens is 543 g/mol. The van der Waals surface area contributed by atoms with Crippen molar-refractivity contribution >= 4 is 58.2 Å². The molecule has 2 aromatic carbocycles. The van der Waals surface area contributed by atoms with Gasteiger partial charge in [0.25, 0.3) is 11.8 Å².